The SMILES string of the molecule is CC1=CC(C)CC(CNc2cc(F)ccc2F)C1. The van der Waals surface area contributed by atoms with Gasteiger partial charge in [0, 0.05) is 6.54 Å². The third kappa shape index (κ3) is 3.31. The van der Waals surface area contributed by atoms with E-state index in [1.54, 1.807) is 0 Å². The lowest BCUT2D eigenvalue weighted by Crippen LogP contribution is -2.20. The minimum Gasteiger partial charge on any atom is -0.382 e. The van der Waals surface area contributed by atoms with Crippen molar-refractivity contribution in [2.24, 2.45) is 11.8 Å². The minimum absolute atomic E-state index is 0.259. The second-order valence-corrected chi connectivity index (χ2v) is 5.30. The molecule has 2 atom stereocenters. The van der Waals surface area contributed by atoms with Crippen LogP contribution in [0.3, 0.4) is 0 Å². The Bertz CT molecular complexity index is 454. The first-order valence-electron chi connectivity index (χ1n) is 6.41. The van der Waals surface area contributed by atoms with Gasteiger partial charge >= 0.3 is 0 Å². The van der Waals surface area contributed by atoms with E-state index in [4.69, 9.17) is 0 Å². The Kier molecular flexibility index (Phi) is 4.00. The van der Waals surface area contributed by atoms with Crippen LogP contribution in [0.15, 0.2) is 29.8 Å². The molecular formula is C15H19F2N. The van der Waals surface area contributed by atoms with E-state index in [2.05, 4.69) is 25.2 Å². The summed E-state index contributed by atoms with van der Waals surface area (Å²) in [5.74, 6) is 0.259. The first-order valence-corrected chi connectivity index (χ1v) is 6.41. The molecule has 2 unspecified atom stereocenters. The number of allylic oxidation sites excluding steroid dienone is 2. The number of anilines is 1. The van der Waals surface area contributed by atoms with Gasteiger partial charge in [-0.05, 0) is 49.8 Å². The standard InChI is InChI=1S/C15H19F2N/c1-10-5-11(2)7-12(6-10)9-18-15-8-13(16)3-4-14(15)17/h3-5,8,10,12,18H,6-7,9H2,1-2H3. The van der Waals surface area contributed by atoms with Gasteiger partial charge in [-0.25, -0.2) is 8.78 Å². The second-order valence-electron chi connectivity index (χ2n) is 5.30. The Balaban J connectivity index is 1.96. The van der Waals surface area contributed by atoms with Crippen LogP contribution in [0, 0.1) is 23.5 Å². The quantitative estimate of drug-likeness (QED) is 0.787. The van der Waals surface area contributed by atoms with E-state index in [1.807, 2.05) is 0 Å². The van der Waals surface area contributed by atoms with Crippen molar-refractivity contribution in [2.45, 2.75) is 26.7 Å². The van der Waals surface area contributed by atoms with E-state index in [0.29, 0.717) is 18.4 Å². The van der Waals surface area contributed by atoms with Crippen LogP contribution >= 0.6 is 0 Å². The molecule has 0 bridgehead atoms. The molecule has 0 radical (unpaired) electrons. The van der Waals surface area contributed by atoms with Gasteiger partial charge in [-0.3, -0.25) is 0 Å². The van der Waals surface area contributed by atoms with Crippen molar-refractivity contribution in [3.8, 4) is 0 Å². The summed E-state index contributed by atoms with van der Waals surface area (Å²) >= 11 is 0. The highest BCUT2D eigenvalue weighted by Crippen LogP contribution is 2.28. The van der Waals surface area contributed by atoms with Crippen LogP contribution in [0.25, 0.3) is 0 Å². The zero-order valence-electron chi connectivity index (χ0n) is 10.8. The average molecular weight is 251 g/mol. The molecule has 0 saturated carbocycles. The van der Waals surface area contributed by atoms with Crippen LogP contribution < -0.4 is 5.32 Å². The van der Waals surface area contributed by atoms with Crippen molar-refractivity contribution in [2.75, 3.05) is 11.9 Å². The monoisotopic (exact) mass is 251 g/mol. The van der Waals surface area contributed by atoms with Crippen LogP contribution in [-0.4, -0.2) is 6.54 Å². The molecule has 18 heavy (non-hydrogen) atoms. The van der Waals surface area contributed by atoms with E-state index in [1.165, 1.54) is 11.6 Å². The molecule has 0 aliphatic heterocycles. The topological polar surface area (TPSA) is 12.0 Å². The Labute approximate surface area is 107 Å². The third-order valence-electron chi connectivity index (χ3n) is 3.39. The molecule has 0 aromatic heterocycles. The highest BCUT2D eigenvalue weighted by Gasteiger charge is 2.18. The smallest absolute Gasteiger partial charge is 0.146 e. The largest absolute Gasteiger partial charge is 0.382 e. The predicted octanol–water partition coefficient (Wildman–Crippen LogP) is 4.37. The second kappa shape index (κ2) is 5.51. The van der Waals surface area contributed by atoms with E-state index < -0.39 is 11.6 Å². The molecule has 0 heterocycles. The van der Waals surface area contributed by atoms with Crippen LogP contribution in [0.1, 0.15) is 26.7 Å². The Morgan fingerprint density at radius 3 is 2.83 bits per heavy atom. The van der Waals surface area contributed by atoms with Crippen molar-refractivity contribution < 1.29 is 8.78 Å². The molecule has 1 aliphatic carbocycles. The van der Waals surface area contributed by atoms with Gasteiger partial charge in [0.1, 0.15) is 11.6 Å². The van der Waals surface area contributed by atoms with Gasteiger partial charge in [-0.15, -0.1) is 0 Å². The lowest BCUT2D eigenvalue weighted by molar-refractivity contribution is 0.420. The molecule has 1 nitrogen and oxygen atoms in total. The fourth-order valence-corrected chi connectivity index (χ4v) is 2.73. The van der Waals surface area contributed by atoms with Crippen LogP contribution in [0.5, 0.6) is 0 Å². The van der Waals surface area contributed by atoms with Crippen molar-refractivity contribution in [1.29, 1.82) is 0 Å². The summed E-state index contributed by atoms with van der Waals surface area (Å²) in [6.07, 6.45) is 4.43. The molecule has 1 aromatic carbocycles. The van der Waals surface area contributed by atoms with Crippen molar-refractivity contribution in [3.05, 3.63) is 41.5 Å². The summed E-state index contributed by atoms with van der Waals surface area (Å²) in [5.41, 5.74) is 1.65. The number of halogens is 2. The Morgan fingerprint density at radius 1 is 1.33 bits per heavy atom. The molecule has 1 N–H and O–H groups in total. The predicted molar refractivity (Wildman–Crippen MR) is 70.5 cm³/mol. The first kappa shape index (κ1) is 13.1. The van der Waals surface area contributed by atoms with Gasteiger partial charge in [0.15, 0.2) is 0 Å². The van der Waals surface area contributed by atoms with Crippen molar-refractivity contribution in [3.63, 3.8) is 0 Å². The molecule has 0 fully saturated rings. The van der Waals surface area contributed by atoms with Crippen LogP contribution in [0.4, 0.5) is 14.5 Å². The number of benzene rings is 1. The zero-order valence-corrected chi connectivity index (χ0v) is 10.8. The van der Waals surface area contributed by atoms with Gasteiger partial charge in [-0.1, -0.05) is 18.6 Å². The third-order valence-corrected chi connectivity index (χ3v) is 3.39. The van der Waals surface area contributed by atoms with E-state index in [0.717, 1.165) is 25.0 Å². The normalized spacial score (nSPS) is 23.7. The molecule has 0 amide bonds. The minimum atomic E-state index is -0.410. The maximum atomic E-state index is 13.4. The van der Waals surface area contributed by atoms with Crippen LogP contribution in [-0.2, 0) is 0 Å². The zero-order chi connectivity index (χ0) is 13.1. The van der Waals surface area contributed by atoms with Crippen molar-refractivity contribution >= 4 is 5.69 Å². The average Bonchev–Trinajstić information content (AvgIpc) is 2.29. The maximum Gasteiger partial charge on any atom is 0.146 e. The lowest BCUT2D eigenvalue weighted by atomic mass is 9.84. The van der Waals surface area contributed by atoms with Gasteiger partial charge in [0.2, 0.25) is 0 Å². The summed E-state index contributed by atoms with van der Waals surface area (Å²) in [7, 11) is 0. The van der Waals surface area contributed by atoms with Gasteiger partial charge in [0.05, 0.1) is 5.69 Å². The van der Waals surface area contributed by atoms with E-state index >= 15 is 0 Å². The summed E-state index contributed by atoms with van der Waals surface area (Å²) in [6.45, 7) is 5.01. The van der Waals surface area contributed by atoms with E-state index in [9.17, 15) is 8.78 Å². The van der Waals surface area contributed by atoms with E-state index in [-0.39, 0.29) is 5.69 Å². The number of rotatable bonds is 3. The molecule has 0 spiro atoms. The van der Waals surface area contributed by atoms with Crippen molar-refractivity contribution in [1.82, 2.24) is 0 Å². The Morgan fingerprint density at radius 2 is 2.11 bits per heavy atom. The summed E-state index contributed by atoms with van der Waals surface area (Å²) < 4.78 is 26.5. The van der Waals surface area contributed by atoms with Gasteiger partial charge in [0.25, 0.3) is 0 Å². The summed E-state index contributed by atoms with van der Waals surface area (Å²) in [6, 6.07) is 3.51. The molecule has 0 saturated heterocycles. The van der Waals surface area contributed by atoms with Gasteiger partial charge < -0.3 is 5.32 Å². The van der Waals surface area contributed by atoms with Crippen LogP contribution in [0.2, 0.25) is 0 Å². The number of hydrogen-bond acceptors (Lipinski definition) is 1. The molecule has 1 aliphatic rings. The molecule has 98 valence electrons. The first-order chi connectivity index (χ1) is 8.54. The molecule has 3 heteroatoms. The Hall–Kier alpha value is -1.38. The van der Waals surface area contributed by atoms with Gasteiger partial charge in [-0.2, -0.15) is 0 Å². The fourth-order valence-electron chi connectivity index (χ4n) is 2.73. The highest BCUT2D eigenvalue weighted by atomic mass is 19.1. The number of hydrogen-bond donors (Lipinski definition) is 1. The number of nitrogens with one attached hydrogen (secondary N) is 1. The summed E-state index contributed by atoms with van der Waals surface area (Å²) in [5, 5.41) is 3.02. The lowest BCUT2D eigenvalue weighted by Gasteiger charge is -2.26. The highest BCUT2D eigenvalue weighted by molar-refractivity contribution is 5.44. The maximum absolute atomic E-state index is 13.4. The molecule has 1 aromatic rings. The molecule has 2 rings (SSSR count). The fraction of sp³-hybridized carbons (Fsp3) is 0.467. The molecular weight excluding hydrogens is 232 g/mol. The summed E-state index contributed by atoms with van der Waals surface area (Å²) in [4.78, 5) is 0.